The molecule has 1 aliphatic rings. The van der Waals surface area contributed by atoms with Crippen molar-refractivity contribution in [3.63, 3.8) is 0 Å². The summed E-state index contributed by atoms with van der Waals surface area (Å²) in [6.07, 6.45) is 2.40. The SMILES string of the molecule is CCc1ccc(C(CN)N2CC(C)CC2C)cc1. The number of aryl methyl sites for hydroxylation is 1. The fourth-order valence-corrected chi connectivity index (χ4v) is 3.20. The number of nitrogens with zero attached hydrogens (tertiary/aromatic N) is 1. The van der Waals surface area contributed by atoms with Crippen molar-refractivity contribution in [2.45, 2.75) is 45.7 Å². The van der Waals surface area contributed by atoms with E-state index in [1.807, 2.05) is 0 Å². The molecule has 0 bridgehead atoms. The molecule has 2 nitrogen and oxygen atoms in total. The summed E-state index contributed by atoms with van der Waals surface area (Å²) in [4.78, 5) is 2.58. The molecule has 2 N–H and O–H groups in total. The Morgan fingerprint density at radius 3 is 2.39 bits per heavy atom. The summed E-state index contributed by atoms with van der Waals surface area (Å²) in [7, 11) is 0. The van der Waals surface area contributed by atoms with Gasteiger partial charge in [0.15, 0.2) is 0 Å². The Labute approximate surface area is 111 Å². The van der Waals surface area contributed by atoms with Crippen LogP contribution in [0.5, 0.6) is 0 Å². The minimum atomic E-state index is 0.385. The van der Waals surface area contributed by atoms with Gasteiger partial charge in [0.1, 0.15) is 0 Å². The van der Waals surface area contributed by atoms with Crippen molar-refractivity contribution in [1.82, 2.24) is 4.90 Å². The Morgan fingerprint density at radius 1 is 1.28 bits per heavy atom. The number of nitrogens with two attached hydrogens (primary N) is 1. The highest BCUT2D eigenvalue weighted by molar-refractivity contribution is 5.25. The minimum absolute atomic E-state index is 0.385. The van der Waals surface area contributed by atoms with E-state index >= 15 is 0 Å². The van der Waals surface area contributed by atoms with Crippen molar-refractivity contribution in [3.8, 4) is 0 Å². The van der Waals surface area contributed by atoms with Gasteiger partial charge in [0, 0.05) is 25.2 Å². The van der Waals surface area contributed by atoms with Crippen LogP contribution in [-0.4, -0.2) is 24.0 Å². The Morgan fingerprint density at radius 2 is 1.94 bits per heavy atom. The topological polar surface area (TPSA) is 29.3 Å². The Balaban J connectivity index is 2.16. The van der Waals surface area contributed by atoms with Crippen molar-refractivity contribution >= 4 is 0 Å². The fourth-order valence-electron chi connectivity index (χ4n) is 3.20. The van der Waals surface area contributed by atoms with Gasteiger partial charge in [0.25, 0.3) is 0 Å². The molecule has 1 aromatic rings. The lowest BCUT2D eigenvalue weighted by Crippen LogP contribution is -2.36. The standard InChI is InChI=1S/C16H26N2/c1-4-14-5-7-15(8-6-14)16(10-17)18-11-12(2)9-13(18)3/h5-8,12-13,16H,4,9-11,17H2,1-3H3. The van der Waals surface area contributed by atoms with Gasteiger partial charge in [-0.05, 0) is 36.8 Å². The first-order valence-electron chi connectivity index (χ1n) is 7.20. The molecule has 2 heteroatoms. The fraction of sp³-hybridized carbons (Fsp3) is 0.625. The van der Waals surface area contributed by atoms with Gasteiger partial charge in [-0.3, -0.25) is 4.90 Å². The third-order valence-corrected chi connectivity index (χ3v) is 4.23. The van der Waals surface area contributed by atoms with Crippen LogP contribution in [0.3, 0.4) is 0 Å². The van der Waals surface area contributed by atoms with Crippen molar-refractivity contribution in [2.75, 3.05) is 13.1 Å². The van der Waals surface area contributed by atoms with Gasteiger partial charge in [-0.15, -0.1) is 0 Å². The summed E-state index contributed by atoms with van der Waals surface area (Å²) in [5, 5.41) is 0. The Kier molecular flexibility index (Phi) is 4.41. The van der Waals surface area contributed by atoms with E-state index in [1.165, 1.54) is 24.1 Å². The van der Waals surface area contributed by atoms with E-state index in [4.69, 9.17) is 5.73 Å². The van der Waals surface area contributed by atoms with Crippen molar-refractivity contribution in [2.24, 2.45) is 11.7 Å². The van der Waals surface area contributed by atoms with Crippen LogP contribution >= 0.6 is 0 Å². The number of rotatable bonds is 4. The molecule has 0 amide bonds. The van der Waals surface area contributed by atoms with Crippen LogP contribution < -0.4 is 5.73 Å². The number of likely N-dealkylation sites (tertiary alicyclic amines) is 1. The third kappa shape index (κ3) is 2.76. The zero-order valence-electron chi connectivity index (χ0n) is 11.9. The molecule has 0 aliphatic carbocycles. The van der Waals surface area contributed by atoms with Crippen LogP contribution in [0.1, 0.15) is 44.4 Å². The molecular formula is C16H26N2. The van der Waals surface area contributed by atoms with E-state index in [1.54, 1.807) is 0 Å². The molecule has 0 spiro atoms. The van der Waals surface area contributed by atoms with Crippen LogP contribution in [0.25, 0.3) is 0 Å². The van der Waals surface area contributed by atoms with E-state index in [-0.39, 0.29) is 0 Å². The Hall–Kier alpha value is -0.860. The molecule has 18 heavy (non-hydrogen) atoms. The first kappa shape index (κ1) is 13.6. The van der Waals surface area contributed by atoms with Gasteiger partial charge >= 0.3 is 0 Å². The first-order chi connectivity index (χ1) is 8.65. The average Bonchev–Trinajstić information content (AvgIpc) is 2.70. The monoisotopic (exact) mass is 246 g/mol. The summed E-state index contributed by atoms with van der Waals surface area (Å²) in [6, 6.07) is 10.0. The highest BCUT2D eigenvalue weighted by Crippen LogP contribution is 2.31. The maximum Gasteiger partial charge on any atom is 0.0473 e. The maximum atomic E-state index is 6.02. The van der Waals surface area contributed by atoms with Gasteiger partial charge < -0.3 is 5.73 Å². The van der Waals surface area contributed by atoms with Crippen LogP contribution in [0.15, 0.2) is 24.3 Å². The zero-order chi connectivity index (χ0) is 13.1. The first-order valence-corrected chi connectivity index (χ1v) is 7.20. The molecule has 1 aliphatic heterocycles. The van der Waals surface area contributed by atoms with Gasteiger partial charge in [-0.2, -0.15) is 0 Å². The van der Waals surface area contributed by atoms with E-state index in [9.17, 15) is 0 Å². The van der Waals surface area contributed by atoms with Crippen molar-refractivity contribution in [1.29, 1.82) is 0 Å². The third-order valence-electron chi connectivity index (χ3n) is 4.23. The zero-order valence-corrected chi connectivity index (χ0v) is 11.9. The summed E-state index contributed by atoms with van der Waals surface area (Å²) in [5.41, 5.74) is 8.79. The molecule has 1 aromatic carbocycles. The second-order valence-corrected chi connectivity index (χ2v) is 5.73. The molecule has 1 heterocycles. The summed E-state index contributed by atoms with van der Waals surface area (Å²) in [6.45, 7) is 8.75. The summed E-state index contributed by atoms with van der Waals surface area (Å²) >= 11 is 0. The second kappa shape index (κ2) is 5.85. The highest BCUT2D eigenvalue weighted by Gasteiger charge is 2.31. The predicted molar refractivity (Wildman–Crippen MR) is 77.6 cm³/mol. The smallest absolute Gasteiger partial charge is 0.0473 e. The van der Waals surface area contributed by atoms with Crippen LogP contribution in [0, 0.1) is 5.92 Å². The number of hydrogen-bond donors (Lipinski definition) is 1. The van der Waals surface area contributed by atoms with Gasteiger partial charge in [-0.25, -0.2) is 0 Å². The quantitative estimate of drug-likeness (QED) is 0.885. The van der Waals surface area contributed by atoms with E-state index in [2.05, 4.69) is 49.9 Å². The van der Waals surface area contributed by atoms with E-state index in [0.717, 1.165) is 12.3 Å². The van der Waals surface area contributed by atoms with E-state index < -0.39 is 0 Å². The number of hydrogen-bond acceptors (Lipinski definition) is 2. The lowest BCUT2D eigenvalue weighted by atomic mass is 10.0. The molecule has 1 fully saturated rings. The maximum absolute atomic E-state index is 6.02. The normalized spacial score (nSPS) is 26.4. The molecule has 2 rings (SSSR count). The predicted octanol–water partition coefficient (Wildman–Crippen LogP) is 2.98. The number of benzene rings is 1. The summed E-state index contributed by atoms with van der Waals surface area (Å²) in [5.74, 6) is 0.795. The van der Waals surface area contributed by atoms with Crippen LogP contribution in [0.4, 0.5) is 0 Å². The van der Waals surface area contributed by atoms with Crippen LogP contribution in [-0.2, 0) is 6.42 Å². The van der Waals surface area contributed by atoms with Crippen molar-refractivity contribution in [3.05, 3.63) is 35.4 Å². The molecule has 0 radical (unpaired) electrons. The van der Waals surface area contributed by atoms with Crippen molar-refractivity contribution < 1.29 is 0 Å². The molecule has 3 atom stereocenters. The summed E-state index contributed by atoms with van der Waals surface area (Å²) < 4.78 is 0. The lowest BCUT2D eigenvalue weighted by molar-refractivity contribution is 0.192. The van der Waals surface area contributed by atoms with Gasteiger partial charge in [0.2, 0.25) is 0 Å². The van der Waals surface area contributed by atoms with E-state index in [0.29, 0.717) is 18.6 Å². The molecule has 0 aromatic heterocycles. The van der Waals surface area contributed by atoms with Crippen LogP contribution in [0.2, 0.25) is 0 Å². The molecular weight excluding hydrogens is 220 g/mol. The van der Waals surface area contributed by atoms with Gasteiger partial charge in [0.05, 0.1) is 0 Å². The highest BCUT2D eigenvalue weighted by atomic mass is 15.2. The van der Waals surface area contributed by atoms with Gasteiger partial charge in [-0.1, -0.05) is 38.1 Å². The Bertz CT molecular complexity index is 371. The molecule has 100 valence electrons. The molecule has 0 saturated carbocycles. The molecule has 3 unspecified atom stereocenters. The minimum Gasteiger partial charge on any atom is -0.329 e. The second-order valence-electron chi connectivity index (χ2n) is 5.73. The lowest BCUT2D eigenvalue weighted by Gasteiger charge is -2.31. The average molecular weight is 246 g/mol. The largest absolute Gasteiger partial charge is 0.329 e. The molecule has 1 saturated heterocycles.